The van der Waals surface area contributed by atoms with Crippen molar-refractivity contribution in [2.24, 2.45) is 0 Å². The van der Waals surface area contributed by atoms with Crippen LogP contribution in [0.1, 0.15) is 0 Å². The van der Waals surface area contributed by atoms with E-state index in [9.17, 15) is 0 Å². The van der Waals surface area contributed by atoms with Crippen LogP contribution in [0.5, 0.6) is 0 Å². The number of hydrogen-bond donors (Lipinski definition) is 0. The topological polar surface area (TPSA) is 91.7 Å². The van der Waals surface area contributed by atoms with E-state index in [-0.39, 0.29) is 69.5 Å². The SMILES string of the molecule is O=C([O-])[O-].[Al+3].[Cu+2].[Na+].[O-2]. The average molecular weight is 190 g/mol. The summed E-state index contributed by atoms with van der Waals surface area (Å²) in [5.74, 6) is 0. The summed E-state index contributed by atoms with van der Waals surface area (Å²) in [6.45, 7) is 0. The maximum Gasteiger partial charge on any atom is 3.00 e. The molecule has 1 radical (unpaired) electrons. The summed E-state index contributed by atoms with van der Waals surface area (Å²) >= 11 is 0. The summed E-state index contributed by atoms with van der Waals surface area (Å²) < 4.78 is 0. The molecule has 0 heterocycles. The van der Waals surface area contributed by atoms with Gasteiger partial charge in [0, 0.05) is 0 Å². The molecule has 0 aliphatic rings. The molecule has 0 rings (SSSR count). The normalized spacial score (nSPS) is 3.00. The van der Waals surface area contributed by atoms with Gasteiger partial charge < -0.3 is 20.5 Å². The molecule has 0 saturated carbocycles. The number of hydrogen-bond acceptors (Lipinski definition) is 3. The van der Waals surface area contributed by atoms with Crippen molar-refractivity contribution < 1.29 is 67.1 Å². The summed E-state index contributed by atoms with van der Waals surface area (Å²) in [5, 5.41) is 16.7. The van der Waals surface area contributed by atoms with Crippen LogP contribution in [0.25, 0.3) is 0 Å². The van der Waals surface area contributed by atoms with Crippen molar-refractivity contribution >= 4 is 23.5 Å². The number of carbonyl (C=O) groups excluding carboxylic acids is 1. The molecule has 0 aromatic carbocycles. The second-order valence-corrected chi connectivity index (χ2v) is 0.250. The van der Waals surface area contributed by atoms with E-state index in [2.05, 4.69) is 0 Å². The van der Waals surface area contributed by atoms with Crippen LogP contribution < -0.4 is 39.8 Å². The Morgan fingerprint density at radius 2 is 1.25 bits per heavy atom. The van der Waals surface area contributed by atoms with Gasteiger partial charge in [0.1, 0.15) is 0 Å². The summed E-state index contributed by atoms with van der Waals surface area (Å²) in [5.41, 5.74) is 0. The molecule has 0 unspecified atom stereocenters. The molecular formula is CAlCuNaO4+2. The molecule has 0 aliphatic carbocycles. The first kappa shape index (κ1) is 34.7. The molecule has 4 nitrogen and oxygen atoms in total. The molecule has 7 heteroatoms. The monoisotopic (exact) mass is 189 g/mol. The van der Waals surface area contributed by atoms with Crippen LogP contribution in [-0.2, 0) is 22.5 Å². The standard InChI is InChI=1S/CH2O3.Al.Cu.Na.O/c2-1(3)4;;;;/h(H2,2,3,4);;;;/q;+3;+2;+1;-2/p-2. The third kappa shape index (κ3) is 175. The van der Waals surface area contributed by atoms with E-state index < -0.39 is 6.16 Å². The number of rotatable bonds is 0. The van der Waals surface area contributed by atoms with Gasteiger partial charge in [0.25, 0.3) is 0 Å². The summed E-state index contributed by atoms with van der Waals surface area (Å²) in [6.07, 6.45) is -2.33. The Hall–Kier alpha value is 1.28. The molecule has 41 valence electrons. The van der Waals surface area contributed by atoms with Crippen molar-refractivity contribution in [1.82, 2.24) is 0 Å². The maximum absolute atomic E-state index is 8.33. The van der Waals surface area contributed by atoms with E-state index in [1.54, 1.807) is 0 Å². The predicted octanol–water partition coefficient (Wildman–Crippen LogP) is -5.95. The van der Waals surface area contributed by atoms with Crippen molar-refractivity contribution in [3.63, 3.8) is 0 Å². The first-order valence-corrected chi connectivity index (χ1v) is 0.612. The summed E-state index contributed by atoms with van der Waals surface area (Å²) in [6, 6.07) is 0. The second-order valence-electron chi connectivity index (χ2n) is 0.250. The van der Waals surface area contributed by atoms with Crippen molar-refractivity contribution in [2.75, 3.05) is 0 Å². The van der Waals surface area contributed by atoms with Crippen LogP contribution in [0.3, 0.4) is 0 Å². The van der Waals surface area contributed by atoms with Crippen LogP contribution in [0.2, 0.25) is 0 Å². The zero-order chi connectivity index (χ0) is 3.58. The number of carboxylic acid groups (broad SMARTS) is 2. The van der Waals surface area contributed by atoms with E-state index in [1.807, 2.05) is 0 Å². The molecule has 8 heavy (non-hydrogen) atoms. The Morgan fingerprint density at radius 1 is 1.25 bits per heavy atom. The Bertz CT molecular complexity index is 39.0. The summed E-state index contributed by atoms with van der Waals surface area (Å²) in [7, 11) is 0. The van der Waals surface area contributed by atoms with Crippen LogP contribution in [-0.4, -0.2) is 23.5 Å². The average Bonchev–Trinajstić information content (AvgIpc) is 0.811. The van der Waals surface area contributed by atoms with Gasteiger partial charge in [-0.3, -0.25) is 0 Å². The van der Waals surface area contributed by atoms with Gasteiger partial charge in [-0.15, -0.1) is 0 Å². The molecular weight excluding hydrogens is 190 g/mol. The first-order chi connectivity index (χ1) is 1.73. The van der Waals surface area contributed by atoms with Crippen molar-refractivity contribution in [3.8, 4) is 0 Å². The van der Waals surface area contributed by atoms with E-state index in [0.717, 1.165) is 0 Å². The maximum atomic E-state index is 8.33. The van der Waals surface area contributed by atoms with Gasteiger partial charge in [-0.05, 0) is 6.16 Å². The van der Waals surface area contributed by atoms with E-state index in [1.165, 1.54) is 0 Å². The molecule has 0 aromatic rings. The first-order valence-electron chi connectivity index (χ1n) is 0.612. The van der Waals surface area contributed by atoms with Gasteiger partial charge >= 0.3 is 64.0 Å². The van der Waals surface area contributed by atoms with Crippen LogP contribution in [0, 0.1) is 0 Å². The third-order valence-electron chi connectivity index (χ3n) is 0. The molecule has 0 bridgehead atoms. The summed E-state index contributed by atoms with van der Waals surface area (Å²) in [4.78, 5) is 8.33. The minimum Gasteiger partial charge on any atom is -2.00 e. The zero-order valence-corrected chi connectivity index (χ0v) is 8.11. The smallest absolute Gasteiger partial charge is 2.00 e. The molecule has 0 atom stereocenters. The van der Waals surface area contributed by atoms with E-state index in [0.29, 0.717) is 0 Å². The molecule has 0 spiro atoms. The van der Waals surface area contributed by atoms with Gasteiger partial charge in [-0.1, -0.05) is 0 Å². The quantitative estimate of drug-likeness (QED) is 0.355. The van der Waals surface area contributed by atoms with Gasteiger partial charge in [0.2, 0.25) is 0 Å². The largest absolute Gasteiger partial charge is 3.00 e. The third-order valence-corrected chi connectivity index (χ3v) is 0. The Kier molecular flexibility index (Phi) is 104. The zero-order valence-electron chi connectivity index (χ0n) is 4.01. The van der Waals surface area contributed by atoms with Crippen molar-refractivity contribution in [2.45, 2.75) is 0 Å². The van der Waals surface area contributed by atoms with Gasteiger partial charge in [-0.25, -0.2) is 0 Å². The van der Waals surface area contributed by atoms with E-state index in [4.69, 9.17) is 15.0 Å². The Labute approximate surface area is 89.9 Å². The fraction of sp³-hybridized carbons (Fsp3) is 0. The van der Waals surface area contributed by atoms with Gasteiger partial charge in [0.15, 0.2) is 0 Å². The van der Waals surface area contributed by atoms with Gasteiger partial charge in [0.05, 0.1) is 0 Å². The number of carbonyl (C=O) groups is 1. The minimum atomic E-state index is -2.33. The van der Waals surface area contributed by atoms with Crippen molar-refractivity contribution in [1.29, 1.82) is 0 Å². The minimum absolute atomic E-state index is 0. The Balaban J connectivity index is -0.00000000750. The second kappa shape index (κ2) is 24.0. The molecule has 0 amide bonds. The van der Waals surface area contributed by atoms with Crippen LogP contribution in [0.4, 0.5) is 4.79 Å². The van der Waals surface area contributed by atoms with Crippen LogP contribution >= 0.6 is 0 Å². The van der Waals surface area contributed by atoms with Gasteiger partial charge in [-0.2, -0.15) is 0 Å². The molecule has 0 fully saturated rings. The van der Waals surface area contributed by atoms with E-state index >= 15 is 0 Å². The molecule has 0 aliphatic heterocycles. The predicted molar refractivity (Wildman–Crippen MR) is 11.8 cm³/mol. The fourth-order valence-electron chi connectivity index (χ4n) is 0. The molecule has 0 aromatic heterocycles. The molecule has 0 saturated heterocycles. The fourth-order valence-corrected chi connectivity index (χ4v) is 0. The Morgan fingerprint density at radius 3 is 1.25 bits per heavy atom. The van der Waals surface area contributed by atoms with Crippen molar-refractivity contribution in [3.05, 3.63) is 0 Å². The van der Waals surface area contributed by atoms with Crippen LogP contribution in [0.15, 0.2) is 0 Å². The molecule has 0 N–H and O–H groups in total.